The highest BCUT2D eigenvalue weighted by Crippen LogP contribution is 2.35. The van der Waals surface area contributed by atoms with Gasteiger partial charge in [-0.05, 0) is 35.9 Å². The first kappa shape index (κ1) is 14.6. The number of aliphatic hydroxyl groups is 1. The molecule has 0 bridgehead atoms. The van der Waals surface area contributed by atoms with Crippen molar-refractivity contribution < 1.29 is 14.6 Å². The van der Waals surface area contributed by atoms with Crippen molar-refractivity contribution in [3.63, 3.8) is 0 Å². The van der Waals surface area contributed by atoms with Crippen molar-refractivity contribution in [3.05, 3.63) is 56.5 Å². The average molecular weight is 413 g/mol. The van der Waals surface area contributed by atoms with Crippen molar-refractivity contribution in [3.8, 4) is 5.75 Å². The minimum atomic E-state index is -0.805. The van der Waals surface area contributed by atoms with Gasteiger partial charge in [0.15, 0.2) is 6.61 Å². The highest BCUT2D eigenvalue weighted by molar-refractivity contribution is 9.11. The molecule has 0 saturated carbocycles. The monoisotopic (exact) mass is 411 g/mol. The normalized spacial score (nSPS) is 14.9. The fraction of sp³-hybridized carbons (Fsp3) is 0.133. The van der Waals surface area contributed by atoms with Gasteiger partial charge in [0.2, 0.25) is 0 Å². The lowest BCUT2D eigenvalue weighted by molar-refractivity contribution is -0.118. The summed E-state index contributed by atoms with van der Waals surface area (Å²) in [5, 5.41) is 13.3. The summed E-state index contributed by atoms with van der Waals surface area (Å²) in [5.41, 5.74) is 2.00. The summed E-state index contributed by atoms with van der Waals surface area (Å²) in [6.45, 7) is 0.0199. The summed E-state index contributed by atoms with van der Waals surface area (Å²) in [6, 6.07) is 10.9. The standard InChI is InChI=1S/C15H11Br2NO3/c16-9-2-3-11(17)10(6-9)15(20)8-1-4-13-12(5-8)18-14(19)7-21-13/h1-6,15,20H,7H2,(H,18,19). The molecule has 108 valence electrons. The Morgan fingerprint density at radius 3 is 2.81 bits per heavy atom. The quantitative estimate of drug-likeness (QED) is 0.791. The van der Waals surface area contributed by atoms with E-state index in [4.69, 9.17) is 4.74 Å². The van der Waals surface area contributed by atoms with Gasteiger partial charge in [-0.2, -0.15) is 0 Å². The molecule has 0 saturated heterocycles. The van der Waals surface area contributed by atoms with Crippen molar-refractivity contribution >= 4 is 43.5 Å². The second-order valence-corrected chi connectivity index (χ2v) is 6.43. The number of nitrogens with one attached hydrogen (secondary N) is 1. The summed E-state index contributed by atoms with van der Waals surface area (Å²) in [7, 11) is 0. The number of hydrogen-bond donors (Lipinski definition) is 2. The third-order valence-corrected chi connectivity index (χ3v) is 4.42. The number of benzene rings is 2. The Morgan fingerprint density at radius 2 is 2.00 bits per heavy atom. The van der Waals surface area contributed by atoms with E-state index in [0.717, 1.165) is 14.5 Å². The Labute approximate surface area is 138 Å². The highest BCUT2D eigenvalue weighted by atomic mass is 79.9. The van der Waals surface area contributed by atoms with Crippen LogP contribution in [0.5, 0.6) is 5.75 Å². The minimum absolute atomic E-state index is 0.0199. The zero-order valence-electron chi connectivity index (χ0n) is 10.8. The summed E-state index contributed by atoms with van der Waals surface area (Å²) in [4.78, 5) is 11.4. The van der Waals surface area contributed by atoms with Gasteiger partial charge in [-0.1, -0.05) is 37.9 Å². The maximum atomic E-state index is 11.4. The van der Waals surface area contributed by atoms with Crippen LogP contribution in [-0.2, 0) is 4.79 Å². The predicted octanol–water partition coefficient (Wildman–Crippen LogP) is 3.62. The molecule has 2 N–H and O–H groups in total. The first-order valence-corrected chi connectivity index (χ1v) is 7.83. The third kappa shape index (κ3) is 2.97. The van der Waals surface area contributed by atoms with Gasteiger partial charge in [-0.15, -0.1) is 0 Å². The molecular weight excluding hydrogens is 402 g/mol. The maximum absolute atomic E-state index is 11.4. The fourth-order valence-corrected chi connectivity index (χ4v) is 3.02. The van der Waals surface area contributed by atoms with E-state index in [1.165, 1.54) is 0 Å². The van der Waals surface area contributed by atoms with Gasteiger partial charge in [0.25, 0.3) is 5.91 Å². The van der Waals surface area contributed by atoms with Crippen molar-refractivity contribution in [2.24, 2.45) is 0 Å². The van der Waals surface area contributed by atoms with E-state index in [2.05, 4.69) is 37.2 Å². The molecule has 21 heavy (non-hydrogen) atoms. The number of amides is 1. The Balaban J connectivity index is 1.98. The van der Waals surface area contributed by atoms with Crippen LogP contribution in [0.1, 0.15) is 17.2 Å². The molecule has 0 spiro atoms. The molecule has 6 heteroatoms. The fourth-order valence-electron chi connectivity index (χ4n) is 2.17. The lowest BCUT2D eigenvalue weighted by Gasteiger charge is -2.20. The zero-order chi connectivity index (χ0) is 15.0. The summed E-state index contributed by atoms with van der Waals surface area (Å²) in [5.74, 6) is 0.414. The van der Waals surface area contributed by atoms with E-state index in [9.17, 15) is 9.90 Å². The number of rotatable bonds is 2. The van der Waals surface area contributed by atoms with Crippen LogP contribution < -0.4 is 10.1 Å². The highest BCUT2D eigenvalue weighted by Gasteiger charge is 2.20. The van der Waals surface area contributed by atoms with Crippen LogP contribution in [0.4, 0.5) is 5.69 Å². The van der Waals surface area contributed by atoms with E-state index in [1.807, 2.05) is 18.2 Å². The number of anilines is 1. The maximum Gasteiger partial charge on any atom is 0.262 e. The average Bonchev–Trinajstić information content (AvgIpc) is 2.48. The molecule has 2 aromatic carbocycles. The largest absolute Gasteiger partial charge is 0.482 e. The van der Waals surface area contributed by atoms with E-state index >= 15 is 0 Å². The number of carbonyl (C=O) groups is 1. The Kier molecular flexibility index (Phi) is 4.01. The van der Waals surface area contributed by atoms with Crippen molar-refractivity contribution in [2.45, 2.75) is 6.10 Å². The molecule has 0 aromatic heterocycles. The number of ether oxygens (including phenoxy) is 1. The van der Waals surface area contributed by atoms with Gasteiger partial charge in [0.1, 0.15) is 11.9 Å². The number of carbonyl (C=O) groups excluding carboxylic acids is 1. The smallest absolute Gasteiger partial charge is 0.262 e. The van der Waals surface area contributed by atoms with Gasteiger partial charge in [-0.25, -0.2) is 0 Å². The van der Waals surface area contributed by atoms with Crippen LogP contribution in [0.15, 0.2) is 45.3 Å². The van der Waals surface area contributed by atoms with Crippen molar-refractivity contribution in [1.29, 1.82) is 0 Å². The summed E-state index contributed by atoms with van der Waals surface area (Å²) in [6.07, 6.45) is -0.805. The predicted molar refractivity (Wildman–Crippen MR) is 86.5 cm³/mol. The first-order chi connectivity index (χ1) is 10.0. The molecule has 0 aliphatic carbocycles. The van der Waals surface area contributed by atoms with E-state index in [0.29, 0.717) is 17.0 Å². The van der Waals surface area contributed by atoms with Crippen LogP contribution in [0.2, 0.25) is 0 Å². The molecule has 1 atom stereocenters. The Morgan fingerprint density at radius 1 is 1.19 bits per heavy atom. The summed E-state index contributed by atoms with van der Waals surface area (Å²) >= 11 is 6.83. The first-order valence-electron chi connectivity index (χ1n) is 6.24. The molecular formula is C15H11Br2NO3. The second-order valence-electron chi connectivity index (χ2n) is 4.66. The Bertz CT molecular complexity index is 718. The Hall–Kier alpha value is -1.37. The molecule has 3 rings (SSSR count). The van der Waals surface area contributed by atoms with Gasteiger partial charge >= 0.3 is 0 Å². The number of hydrogen-bond acceptors (Lipinski definition) is 3. The van der Waals surface area contributed by atoms with Crippen LogP contribution in [-0.4, -0.2) is 17.6 Å². The van der Waals surface area contributed by atoms with Crippen LogP contribution in [0, 0.1) is 0 Å². The van der Waals surface area contributed by atoms with Gasteiger partial charge in [0, 0.05) is 14.5 Å². The SMILES string of the molecule is O=C1COc2ccc(C(O)c3cc(Br)ccc3Br)cc2N1. The van der Waals surface area contributed by atoms with Crippen LogP contribution >= 0.6 is 31.9 Å². The number of aliphatic hydroxyl groups excluding tert-OH is 1. The molecule has 0 radical (unpaired) electrons. The van der Waals surface area contributed by atoms with Crippen molar-refractivity contribution in [1.82, 2.24) is 0 Å². The summed E-state index contributed by atoms with van der Waals surface area (Å²) < 4.78 is 7.01. The lowest BCUT2D eigenvalue weighted by atomic mass is 10.0. The molecule has 0 fully saturated rings. The number of halogens is 2. The van der Waals surface area contributed by atoms with E-state index in [1.54, 1.807) is 18.2 Å². The second kappa shape index (κ2) is 5.79. The van der Waals surface area contributed by atoms with Crippen molar-refractivity contribution in [2.75, 3.05) is 11.9 Å². The topological polar surface area (TPSA) is 58.6 Å². The minimum Gasteiger partial charge on any atom is -0.482 e. The van der Waals surface area contributed by atoms with Gasteiger partial charge < -0.3 is 15.2 Å². The van der Waals surface area contributed by atoms with Crippen LogP contribution in [0.3, 0.4) is 0 Å². The zero-order valence-corrected chi connectivity index (χ0v) is 13.9. The molecule has 1 unspecified atom stereocenters. The molecule has 1 amide bonds. The number of fused-ring (bicyclic) bond motifs is 1. The van der Waals surface area contributed by atoms with E-state index < -0.39 is 6.10 Å². The molecule has 2 aromatic rings. The molecule has 1 aliphatic heterocycles. The van der Waals surface area contributed by atoms with Gasteiger partial charge in [-0.3, -0.25) is 4.79 Å². The molecule has 1 aliphatic rings. The van der Waals surface area contributed by atoms with E-state index in [-0.39, 0.29) is 12.5 Å². The third-order valence-electron chi connectivity index (χ3n) is 3.20. The van der Waals surface area contributed by atoms with Gasteiger partial charge in [0.05, 0.1) is 5.69 Å². The lowest BCUT2D eigenvalue weighted by Crippen LogP contribution is -2.25. The molecule has 4 nitrogen and oxygen atoms in total. The molecule has 1 heterocycles. The van der Waals surface area contributed by atoms with Crippen LogP contribution in [0.25, 0.3) is 0 Å².